The molecule has 0 saturated carbocycles. The Labute approximate surface area is 107 Å². The summed E-state index contributed by atoms with van der Waals surface area (Å²) < 4.78 is 10.7. The second-order valence-corrected chi connectivity index (χ2v) is 4.70. The Hall–Kier alpha value is -0.120. The smallest absolute Gasteiger partial charge is 0.0487 e. The van der Waals surface area contributed by atoms with Gasteiger partial charge in [-0.2, -0.15) is 0 Å². The molecule has 0 saturated heterocycles. The average Bonchev–Trinajstić information content (AvgIpc) is 2.38. The van der Waals surface area contributed by atoms with Gasteiger partial charge in [0.25, 0.3) is 0 Å². The molecule has 0 aromatic carbocycles. The predicted molar refractivity (Wildman–Crippen MR) is 73.5 cm³/mol. The number of hydrogen-bond donors (Lipinski definition) is 1. The Morgan fingerprint density at radius 2 is 1.71 bits per heavy atom. The van der Waals surface area contributed by atoms with Crippen molar-refractivity contribution in [3.05, 3.63) is 0 Å². The Kier molecular flexibility index (Phi) is 10.9. The summed E-state index contributed by atoms with van der Waals surface area (Å²) in [4.78, 5) is 0. The molecule has 3 heteroatoms. The Bertz CT molecular complexity index is 158. The Morgan fingerprint density at radius 3 is 2.24 bits per heavy atom. The van der Waals surface area contributed by atoms with Gasteiger partial charge < -0.3 is 14.8 Å². The monoisotopic (exact) mass is 245 g/mol. The summed E-state index contributed by atoms with van der Waals surface area (Å²) in [6, 6.07) is 0. The predicted octanol–water partition coefficient (Wildman–Crippen LogP) is 2.85. The van der Waals surface area contributed by atoms with Crippen molar-refractivity contribution in [3.63, 3.8) is 0 Å². The molecule has 0 spiro atoms. The zero-order chi connectivity index (χ0) is 13.0. The summed E-state index contributed by atoms with van der Waals surface area (Å²) in [6.45, 7) is 11.4. The summed E-state index contributed by atoms with van der Waals surface area (Å²) in [5, 5.41) is 3.48. The van der Waals surface area contributed by atoms with E-state index in [2.05, 4.69) is 26.1 Å². The van der Waals surface area contributed by atoms with E-state index in [-0.39, 0.29) is 0 Å². The molecular formula is C14H31NO2. The molecule has 0 atom stereocenters. The summed E-state index contributed by atoms with van der Waals surface area (Å²) in [5.74, 6) is 0. The van der Waals surface area contributed by atoms with E-state index in [1.807, 2.05) is 0 Å². The Balaban J connectivity index is 3.75. The van der Waals surface area contributed by atoms with Crippen molar-refractivity contribution in [2.24, 2.45) is 5.41 Å². The number of methoxy groups -OCH3 is 1. The van der Waals surface area contributed by atoms with Crippen LogP contribution < -0.4 is 5.32 Å². The van der Waals surface area contributed by atoms with Crippen LogP contribution >= 0.6 is 0 Å². The second-order valence-electron chi connectivity index (χ2n) is 4.70. The fourth-order valence-electron chi connectivity index (χ4n) is 2.03. The molecule has 104 valence electrons. The van der Waals surface area contributed by atoms with Crippen LogP contribution in [0.25, 0.3) is 0 Å². The standard InChI is InChI=1S/C14H31NO2/c1-5-14(6-2,13-15-7-3)9-12-17-11-8-10-16-4/h15H,5-13H2,1-4H3. The highest BCUT2D eigenvalue weighted by atomic mass is 16.5. The molecule has 0 heterocycles. The Morgan fingerprint density at radius 1 is 1.00 bits per heavy atom. The van der Waals surface area contributed by atoms with E-state index in [0.29, 0.717) is 5.41 Å². The van der Waals surface area contributed by atoms with Crippen LogP contribution in [0.2, 0.25) is 0 Å². The molecule has 0 aliphatic carbocycles. The van der Waals surface area contributed by atoms with Gasteiger partial charge >= 0.3 is 0 Å². The summed E-state index contributed by atoms with van der Waals surface area (Å²) in [5.41, 5.74) is 0.414. The molecule has 0 radical (unpaired) electrons. The molecule has 1 N–H and O–H groups in total. The van der Waals surface area contributed by atoms with Crippen LogP contribution in [0.5, 0.6) is 0 Å². The molecule has 0 bridgehead atoms. The summed E-state index contributed by atoms with van der Waals surface area (Å²) in [6.07, 6.45) is 4.59. The number of rotatable bonds is 12. The molecule has 3 nitrogen and oxygen atoms in total. The fraction of sp³-hybridized carbons (Fsp3) is 1.00. The fourth-order valence-corrected chi connectivity index (χ4v) is 2.03. The maximum Gasteiger partial charge on any atom is 0.0487 e. The van der Waals surface area contributed by atoms with Crippen LogP contribution in [0.3, 0.4) is 0 Å². The SMILES string of the molecule is CCNCC(CC)(CC)CCOCCCOC. The highest BCUT2D eigenvalue weighted by Crippen LogP contribution is 2.29. The molecular weight excluding hydrogens is 214 g/mol. The van der Waals surface area contributed by atoms with Crippen LogP contribution in [0.4, 0.5) is 0 Å². The number of hydrogen-bond acceptors (Lipinski definition) is 3. The van der Waals surface area contributed by atoms with Crippen molar-refractivity contribution >= 4 is 0 Å². The zero-order valence-electron chi connectivity index (χ0n) is 12.2. The van der Waals surface area contributed by atoms with E-state index < -0.39 is 0 Å². The van der Waals surface area contributed by atoms with Crippen molar-refractivity contribution < 1.29 is 9.47 Å². The first-order valence-electron chi connectivity index (χ1n) is 7.02. The first-order chi connectivity index (χ1) is 8.24. The third-order valence-electron chi connectivity index (χ3n) is 3.66. The van der Waals surface area contributed by atoms with E-state index in [9.17, 15) is 0 Å². The van der Waals surface area contributed by atoms with Gasteiger partial charge in [0.1, 0.15) is 0 Å². The first-order valence-corrected chi connectivity index (χ1v) is 7.02. The molecule has 0 fully saturated rings. The van der Waals surface area contributed by atoms with E-state index in [1.54, 1.807) is 7.11 Å². The van der Waals surface area contributed by atoms with E-state index in [4.69, 9.17) is 9.47 Å². The largest absolute Gasteiger partial charge is 0.385 e. The zero-order valence-corrected chi connectivity index (χ0v) is 12.2. The van der Waals surface area contributed by atoms with Gasteiger partial charge in [-0.05, 0) is 37.6 Å². The van der Waals surface area contributed by atoms with Crippen molar-refractivity contribution in [2.45, 2.75) is 46.5 Å². The van der Waals surface area contributed by atoms with Crippen molar-refractivity contribution in [1.82, 2.24) is 5.32 Å². The molecule has 0 unspecified atom stereocenters. The topological polar surface area (TPSA) is 30.5 Å². The van der Waals surface area contributed by atoms with E-state index >= 15 is 0 Å². The summed E-state index contributed by atoms with van der Waals surface area (Å²) in [7, 11) is 1.73. The van der Waals surface area contributed by atoms with Gasteiger partial charge in [-0.3, -0.25) is 0 Å². The quantitative estimate of drug-likeness (QED) is 0.536. The molecule has 0 aliphatic rings. The third-order valence-corrected chi connectivity index (χ3v) is 3.66. The van der Waals surface area contributed by atoms with Gasteiger partial charge in [0, 0.05) is 33.5 Å². The highest BCUT2D eigenvalue weighted by molar-refractivity contribution is 4.78. The van der Waals surface area contributed by atoms with Crippen LogP contribution in [0, 0.1) is 5.41 Å². The highest BCUT2D eigenvalue weighted by Gasteiger charge is 2.24. The molecule has 0 aromatic rings. The van der Waals surface area contributed by atoms with Crippen LogP contribution in [0.15, 0.2) is 0 Å². The maximum absolute atomic E-state index is 5.67. The third kappa shape index (κ3) is 7.74. The van der Waals surface area contributed by atoms with Gasteiger partial charge in [-0.25, -0.2) is 0 Å². The van der Waals surface area contributed by atoms with Crippen LogP contribution in [0.1, 0.15) is 46.5 Å². The van der Waals surface area contributed by atoms with Crippen LogP contribution in [-0.4, -0.2) is 40.0 Å². The lowest BCUT2D eigenvalue weighted by Gasteiger charge is -2.32. The van der Waals surface area contributed by atoms with Gasteiger partial charge in [0.15, 0.2) is 0 Å². The number of nitrogens with one attached hydrogen (secondary N) is 1. The van der Waals surface area contributed by atoms with Crippen LogP contribution in [-0.2, 0) is 9.47 Å². The summed E-state index contributed by atoms with van der Waals surface area (Å²) >= 11 is 0. The van der Waals surface area contributed by atoms with Crippen molar-refractivity contribution in [3.8, 4) is 0 Å². The van der Waals surface area contributed by atoms with Gasteiger partial charge in [0.05, 0.1) is 0 Å². The van der Waals surface area contributed by atoms with Gasteiger partial charge in [0.2, 0.25) is 0 Å². The molecule has 0 amide bonds. The molecule has 0 rings (SSSR count). The van der Waals surface area contributed by atoms with Crippen molar-refractivity contribution in [2.75, 3.05) is 40.0 Å². The molecule has 17 heavy (non-hydrogen) atoms. The minimum atomic E-state index is 0.414. The molecule has 0 aromatic heterocycles. The average molecular weight is 245 g/mol. The van der Waals surface area contributed by atoms with E-state index in [0.717, 1.165) is 45.8 Å². The van der Waals surface area contributed by atoms with E-state index in [1.165, 1.54) is 12.8 Å². The second kappa shape index (κ2) is 11.0. The van der Waals surface area contributed by atoms with Crippen molar-refractivity contribution in [1.29, 1.82) is 0 Å². The van der Waals surface area contributed by atoms with Gasteiger partial charge in [-0.15, -0.1) is 0 Å². The molecule has 0 aliphatic heterocycles. The first kappa shape index (κ1) is 16.9. The lowest BCUT2D eigenvalue weighted by Crippen LogP contribution is -2.34. The lowest BCUT2D eigenvalue weighted by molar-refractivity contribution is 0.0724. The minimum Gasteiger partial charge on any atom is -0.385 e. The normalized spacial score (nSPS) is 12.0. The lowest BCUT2D eigenvalue weighted by atomic mass is 9.79. The van der Waals surface area contributed by atoms with Gasteiger partial charge in [-0.1, -0.05) is 20.8 Å². The number of ether oxygens (including phenoxy) is 2. The maximum atomic E-state index is 5.67. The minimum absolute atomic E-state index is 0.414.